The number of likely N-dealkylation sites (tertiary alicyclic amines) is 1. The molecule has 0 unspecified atom stereocenters. The summed E-state index contributed by atoms with van der Waals surface area (Å²) >= 11 is 0. The van der Waals surface area contributed by atoms with E-state index in [1.807, 2.05) is 6.92 Å². The number of rotatable bonds is 5. The lowest BCUT2D eigenvalue weighted by atomic mass is 10.1. The van der Waals surface area contributed by atoms with Gasteiger partial charge >= 0.3 is 6.03 Å². The largest absolute Gasteiger partial charge is 0.481 e. The summed E-state index contributed by atoms with van der Waals surface area (Å²) in [4.78, 5) is 43.7. The molecule has 0 radical (unpaired) electrons. The molecule has 140 valence electrons. The van der Waals surface area contributed by atoms with Gasteiger partial charge in [0.15, 0.2) is 0 Å². The average molecular weight is 361 g/mol. The Labute approximate surface area is 151 Å². The van der Waals surface area contributed by atoms with Gasteiger partial charge in [0.1, 0.15) is 6.04 Å². The molecule has 0 aliphatic carbocycles. The van der Waals surface area contributed by atoms with Crippen molar-refractivity contribution in [2.75, 3.05) is 20.2 Å². The van der Waals surface area contributed by atoms with E-state index in [1.54, 1.807) is 11.0 Å². The molecule has 0 spiro atoms. The van der Waals surface area contributed by atoms with Crippen LogP contribution < -0.4 is 15.8 Å². The second kappa shape index (κ2) is 7.19. The average Bonchev–Trinajstić information content (AvgIpc) is 3.24. The van der Waals surface area contributed by atoms with Gasteiger partial charge in [0, 0.05) is 25.2 Å². The minimum atomic E-state index is -0.593. The van der Waals surface area contributed by atoms with Gasteiger partial charge in [-0.1, -0.05) is 0 Å². The third-order valence-electron chi connectivity index (χ3n) is 4.87. The number of primary amides is 1. The van der Waals surface area contributed by atoms with Crippen molar-refractivity contribution in [3.05, 3.63) is 22.9 Å². The van der Waals surface area contributed by atoms with Gasteiger partial charge in [0.25, 0.3) is 5.91 Å². The fraction of sp³-hybridized carbons (Fsp3) is 0.529. The molecule has 0 bridgehead atoms. The topological polar surface area (TPSA) is 118 Å². The maximum Gasteiger partial charge on any atom is 0.315 e. The minimum Gasteiger partial charge on any atom is -0.481 e. The van der Waals surface area contributed by atoms with Gasteiger partial charge in [-0.15, -0.1) is 0 Å². The lowest BCUT2D eigenvalue weighted by Gasteiger charge is -2.22. The Balaban J connectivity index is 1.74. The molecule has 3 heterocycles. The zero-order valence-electron chi connectivity index (χ0n) is 14.9. The number of ether oxygens (including phenoxy) is 1. The Kier molecular flexibility index (Phi) is 4.97. The fourth-order valence-corrected chi connectivity index (χ4v) is 3.46. The van der Waals surface area contributed by atoms with E-state index in [1.165, 1.54) is 12.0 Å². The molecule has 26 heavy (non-hydrogen) atoms. The van der Waals surface area contributed by atoms with Gasteiger partial charge in [-0.3, -0.25) is 9.59 Å². The monoisotopic (exact) mass is 361 g/mol. The van der Waals surface area contributed by atoms with Gasteiger partial charge in [-0.05, 0) is 25.8 Å². The van der Waals surface area contributed by atoms with Crippen molar-refractivity contribution in [3.8, 4) is 5.88 Å². The molecule has 1 aromatic rings. The second-order valence-electron chi connectivity index (χ2n) is 6.38. The van der Waals surface area contributed by atoms with E-state index in [-0.39, 0.29) is 18.4 Å². The standard InChI is InChI=1S/C17H23N5O4/c1-3-21-9-12-11(16(21)24)7-10(15(20-12)26-2)8-19-14(23)13-5-4-6-22(13)17(18)25/h7,13H,3-6,8-9H2,1-2H3,(H2,18,25)(H,19,23)/t13-/m1/s1. The number of hydrogen-bond acceptors (Lipinski definition) is 5. The molecule has 0 aromatic carbocycles. The first-order valence-electron chi connectivity index (χ1n) is 8.66. The van der Waals surface area contributed by atoms with E-state index < -0.39 is 12.1 Å². The molecule has 9 heteroatoms. The van der Waals surface area contributed by atoms with Crippen LogP contribution in [0.2, 0.25) is 0 Å². The summed E-state index contributed by atoms with van der Waals surface area (Å²) in [5, 5.41) is 2.80. The number of urea groups is 1. The highest BCUT2D eigenvalue weighted by Gasteiger charge is 2.33. The van der Waals surface area contributed by atoms with Gasteiger partial charge < -0.3 is 25.6 Å². The van der Waals surface area contributed by atoms with Crippen LogP contribution in [-0.4, -0.2) is 58.9 Å². The predicted octanol–water partition coefficient (Wildman–Crippen LogP) is 0.225. The first kappa shape index (κ1) is 18.0. The van der Waals surface area contributed by atoms with Crippen LogP contribution in [0.3, 0.4) is 0 Å². The Morgan fingerprint density at radius 1 is 1.46 bits per heavy atom. The highest BCUT2D eigenvalue weighted by Crippen LogP contribution is 2.27. The summed E-state index contributed by atoms with van der Waals surface area (Å²) < 4.78 is 5.32. The predicted molar refractivity (Wildman–Crippen MR) is 92.4 cm³/mol. The summed E-state index contributed by atoms with van der Waals surface area (Å²) in [6.07, 6.45) is 1.32. The zero-order valence-corrected chi connectivity index (χ0v) is 14.9. The van der Waals surface area contributed by atoms with E-state index >= 15 is 0 Å². The van der Waals surface area contributed by atoms with E-state index in [0.717, 1.165) is 6.42 Å². The number of nitrogens with two attached hydrogens (primary N) is 1. The molecule has 2 aliphatic rings. The number of hydrogen-bond donors (Lipinski definition) is 2. The van der Waals surface area contributed by atoms with Crippen molar-refractivity contribution in [2.45, 2.75) is 38.9 Å². The van der Waals surface area contributed by atoms with E-state index in [2.05, 4.69) is 10.3 Å². The third kappa shape index (κ3) is 3.16. The van der Waals surface area contributed by atoms with Crippen LogP contribution >= 0.6 is 0 Å². The van der Waals surface area contributed by atoms with Crippen LogP contribution in [0.1, 0.15) is 41.4 Å². The maximum absolute atomic E-state index is 12.4. The number of methoxy groups -OCH3 is 1. The molecular weight excluding hydrogens is 338 g/mol. The number of pyridine rings is 1. The minimum absolute atomic E-state index is 0.0686. The highest BCUT2D eigenvalue weighted by molar-refractivity contribution is 5.98. The quantitative estimate of drug-likeness (QED) is 0.778. The number of nitrogens with zero attached hydrogens (tertiary/aromatic N) is 3. The van der Waals surface area contributed by atoms with Crippen molar-refractivity contribution in [2.24, 2.45) is 5.73 Å². The number of aromatic nitrogens is 1. The Morgan fingerprint density at radius 3 is 2.88 bits per heavy atom. The van der Waals surface area contributed by atoms with Gasteiger partial charge in [0.05, 0.1) is 24.9 Å². The van der Waals surface area contributed by atoms with Crippen LogP contribution in [-0.2, 0) is 17.9 Å². The first-order chi connectivity index (χ1) is 12.5. The molecule has 3 rings (SSSR count). The molecule has 1 saturated heterocycles. The molecule has 3 N–H and O–H groups in total. The molecule has 9 nitrogen and oxygen atoms in total. The van der Waals surface area contributed by atoms with Crippen molar-refractivity contribution < 1.29 is 19.1 Å². The molecule has 1 fully saturated rings. The van der Waals surface area contributed by atoms with Gasteiger partial charge in [-0.2, -0.15) is 0 Å². The van der Waals surface area contributed by atoms with Crippen molar-refractivity contribution in [3.63, 3.8) is 0 Å². The van der Waals surface area contributed by atoms with Crippen LogP contribution in [0.5, 0.6) is 5.88 Å². The number of amides is 4. The van der Waals surface area contributed by atoms with Crippen LogP contribution in [0.15, 0.2) is 6.07 Å². The Morgan fingerprint density at radius 2 is 2.23 bits per heavy atom. The molecule has 2 aliphatic heterocycles. The summed E-state index contributed by atoms with van der Waals surface area (Å²) in [6.45, 7) is 3.62. The molecule has 0 saturated carbocycles. The molecular formula is C17H23N5O4. The Bertz CT molecular complexity index is 751. The van der Waals surface area contributed by atoms with Crippen LogP contribution in [0, 0.1) is 0 Å². The van der Waals surface area contributed by atoms with Crippen molar-refractivity contribution in [1.29, 1.82) is 0 Å². The van der Waals surface area contributed by atoms with E-state index in [0.29, 0.717) is 48.8 Å². The highest BCUT2D eigenvalue weighted by atomic mass is 16.5. The summed E-state index contributed by atoms with van der Waals surface area (Å²) in [5.74, 6) is 0.0410. The fourth-order valence-electron chi connectivity index (χ4n) is 3.46. The summed E-state index contributed by atoms with van der Waals surface area (Å²) in [6, 6.07) is 0.572. The lowest BCUT2D eigenvalue weighted by Crippen LogP contribution is -2.47. The van der Waals surface area contributed by atoms with Crippen molar-refractivity contribution in [1.82, 2.24) is 20.1 Å². The maximum atomic E-state index is 12.4. The summed E-state index contributed by atoms with van der Waals surface area (Å²) in [7, 11) is 1.50. The van der Waals surface area contributed by atoms with Crippen LogP contribution in [0.4, 0.5) is 4.79 Å². The number of nitrogens with one attached hydrogen (secondary N) is 1. The number of fused-ring (bicyclic) bond motifs is 1. The second-order valence-corrected chi connectivity index (χ2v) is 6.38. The van der Waals surface area contributed by atoms with E-state index in [4.69, 9.17) is 10.5 Å². The van der Waals surface area contributed by atoms with Crippen LogP contribution in [0.25, 0.3) is 0 Å². The normalized spacial score (nSPS) is 18.8. The van der Waals surface area contributed by atoms with Gasteiger partial charge in [0.2, 0.25) is 11.8 Å². The smallest absolute Gasteiger partial charge is 0.315 e. The number of carbonyl (C=O) groups excluding carboxylic acids is 3. The lowest BCUT2D eigenvalue weighted by molar-refractivity contribution is -0.124. The first-order valence-corrected chi connectivity index (χ1v) is 8.66. The molecule has 1 atom stereocenters. The SMILES string of the molecule is CCN1Cc2nc(OC)c(CNC(=O)[C@H]3CCCN3C(N)=O)cc2C1=O. The van der Waals surface area contributed by atoms with Crippen molar-refractivity contribution >= 4 is 17.8 Å². The third-order valence-corrected chi connectivity index (χ3v) is 4.87. The Hall–Kier alpha value is -2.84. The molecule has 1 aromatic heterocycles. The molecule has 4 amide bonds. The summed E-state index contributed by atoms with van der Waals surface area (Å²) in [5.41, 5.74) is 7.16. The zero-order chi connectivity index (χ0) is 18.8. The van der Waals surface area contributed by atoms with Gasteiger partial charge in [-0.25, -0.2) is 9.78 Å². The number of carbonyl (C=O) groups is 3. The van der Waals surface area contributed by atoms with E-state index in [9.17, 15) is 14.4 Å².